The molecule has 0 bridgehead atoms. The maximum atomic E-state index is 13.3. The summed E-state index contributed by atoms with van der Waals surface area (Å²) in [6.45, 7) is 1.96. The molecular formula is C26H19N5O3. The number of carbonyl (C=O) groups is 2. The van der Waals surface area contributed by atoms with E-state index < -0.39 is 17.7 Å². The number of pyridine rings is 1. The Hall–Kier alpha value is -4.72. The molecule has 1 saturated heterocycles. The number of Topliss-reactive ketones (excluding diaryl/α,β-unsaturated/α-hetero) is 1. The Bertz CT molecular complexity index is 1630. The lowest BCUT2D eigenvalue weighted by Crippen LogP contribution is -2.30. The summed E-state index contributed by atoms with van der Waals surface area (Å²) in [6, 6.07) is 15.7. The van der Waals surface area contributed by atoms with Gasteiger partial charge < -0.3 is 15.1 Å². The second-order valence-electron chi connectivity index (χ2n) is 8.28. The molecule has 0 radical (unpaired) electrons. The van der Waals surface area contributed by atoms with Crippen LogP contribution in [-0.4, -0.2) is 36.7 Å². The van der Waals surface area contributed by atoms with Crippen molar-refractivity contribution in [2.75, 3.05) is 4.90 Å². The number of para-hydroxylation sites is 1. The van der Waals surface area contributed by atoms with Crippen molar-refractivity contribution in [3.05, 3.63) is 95.5 Å². The molecule has 1 fully saturated rings. The van der Waals surface area contributed by atoms with Crippen LogP contribution in [0, 0.1) is 6.92 Å². The first-order chi connectivity index (χ1) is 16.5. The number of anilines is 1. The fourth-order valence-corrected chi connectivity index (χ4v) is 4.55. The molecule has 1 aliphatic heterocycles. The molecule has 8 nitrogen and oxygen atoms in total. The van der Waals surface area contributed by atoms with Gasteiger partial charge in [0.05, 0.1) is 22.6 Å². The highest BCUT2D eigenvalue weighted by Gasteiger charge is 2.48. The third-order valence-corrected chi connectivity index (χ3v) is 6.16. The van der Waals surface area contributed by atoms with Crippen molar-refractivity contribution in [3.8, 4) is 0 Å². The highest BCUT2D eigenvalue weighted by molar-refractivity contribution is 6.51. The molecule has 166 valence electrons. The number of ketones is 1. The van der Waals surface area contributed by atoms with Crippen LogP contribution in [0.3, 0.4) is 0 Å². The first-order valence-electron chi connectivity index (χ1n) is 10.8. The van der Waals surface area contributed by atoms with Gasteiger partial charge in [-0.3, -0.25) is 19.5 Å². The van der Waals surface area contributed by atoms with Crippen LogP contribution in [0.5, 0.6) is 0 Å². The number of aromatic nitrogens is 4. The van der Waals surface area contributed by atoms with Gasteiger partial charge in [0.2, 0.25) is 5.95 Å². The number of carbonyl (C=O) groups excluding carboxylic acids is 2. The Morgan fingerprint density at radius 2 is 1.82 bits per heavy atom. The molecular weight excluding hydrogens is 430 g/mol. The third-order valence-electron chi connectivity index (χ3n) is 6.16. The second-order valence-corrected chi connectivity index (χ2v) is 8.28. The van der Waals surface area contributed by atoms with Crippen molar-refractivity contribution in [1.29, 1.82) is 0 Å². The maximum Gasteiger partial charge on any atom is 0.302 e. The Morgan fingerprint density at radius 3 is 2.65 bits per heavy atom. The van der Waals surface area contributed by atoms with Crippen molar-refractivity contribution in [3.63, 3.8) is 0 Å². The molecule has 1 aliphatic rings. The molecule has 2 aromatic carbocycles. The fraction of sp³-hybridized carbons (Fsp3) is 0.0769. The summed E-state index contributed by atoms with van der Waals surface area (Å²) < 4.78 is 0. The number of rotatable bonds is 3. The number of aliphatic hydroxyl groups excluding tert-OH is 1. The Labute approximate surface area is 193 Å². The summed E-state index contributed by atoms with van der Waals surface area (Å²) >= 11 is 0. The van der Waals surface area contributed by atoms with Gasteiger partial charge in [-0.1, -0.05) is 24.3 Å². The maximum absolute atomic E-state index is 13.3. The molecule has 1 atom stereocenters. The van der Waals surface area contributed by atoms with Gasteiger partial charge in [0.25, 0.3) is 5.78 Å². The van der Waals surface area contributed by atoms with Crippen molar-refractivity contribution in [1.82, 2.24) is 19.9 Å². The van der Waals surface area contributed by atoms with Crippen molar-refractivity contribution in [2.45, 2.75) is 13.0 Å². The Kier molecular flexibility index (Phi) is 4.35. The number of H-pyrrole nitrogens is 2. The van der Waals surface area contributed by atoms with Gasteiger partial charge >= 0.3 is 5.91 Å². The average Bonchev–Trinajstić information content (AvgIpc) is 3.53. The van der Waals surface area contributed by atoms with Crippen LogP contribution in [0.1, 0.15) is 22.7 Å². The van der Waals surface area contributed by atoms with E-state index in [9.17, 15) is 14.7 Å². The zero-order valence-electron chi connectivity index (χ0n) is 18.1. The normalized spacial score (nSPS) is 17.8. The summed E-state index contributed by atoms with van der Waals surface area (Å²) in [6.07, 6.45) is 4.81. The van der Waals surface area contributed by atoms with Gasteiger partial charge in [-0.15, -0.1) is 0 Å². The SMILES string of the molecule is Cc1ccc2nc(N3C(=O)C(=O)/C(=C(/O)c4c[nH]c5ccccc45)C3c3ccncc3)[nH]c2c1. The highest BCUT2D eigenvalue weighted by atomic mass is 16.3. The van der Waals surface area contributed by atoms with Crippen LogP contribution in [-0.2, 0) is 9.59 Å². The number of hydrogen-bond donors (Lipinski definition) is 3. The van der Waals surface area contributed by atoms with Crippen molar-refractivity contribution < 1.29 is 14.7 Å². The van der Waals surface area contributed by atoms with E-state index in [1.165, 1.54) is 4.90 Å². The number of benzene rings is 2. The molecule has 1 unspecified atom stereocenters. The quantitative estimate of drug-likeness (QED) is 0.215. The van der Waals surface area contributed by atoms with Gasteiger partial charge in [-0.2, -0.15) is 0 Å². The van der Waals surface area contributed by atoms with Crippen LogP contribution in [0.15, 0.2) is 78.8 Å². The van der Waals surface area contributed by atoms with Gasteiger partial charge in [0.1, 0.15) is 5.76 Å². The fourth-order valence-electron chi connectivity index (χ4n) is 4.55. The number of aliphatic hydroxyl groups is 1. The van der Waals surface area contributed by atoms with Crippen LogP contribution < -0.4 is 4.90 Å². The molecule has 6 rings (SSSR count). The average molecular weight is 449 g/mol. The number of imidazole rings is 1. The second kappa shape index (κ2) is 7.41. The van der Waals surface area contributed by atoms with Gasteiger partial charge in [-0.25, -0.2) is 4.98 Å². The number of nitrogens with one attached hydrogen (secondary N) is 2. The minimum atomic E-state index is -0.877. The van der Waals surface area contributed by atoms with Crippen LogP contribution in [0.25, 0.3) is 27.7 Å². The molecule has 34 heavy (non-hydrogen) atoms. The molecule has 0 spiro atoms. The van der Waals surface area contributed by atoms with E-state index in [0.29, 0.717) is 16.6 Å². The minimum absolute atomic E-state index is 0.00223. The number of aromatic amines is 2. The molecule has 8 heteroatoms. The van der Waals surface area contributed by atoms with Gasteiger partial charge in [0, 0.05) is 35.1 Å². The summed E-state index contributed by atoms with van der Waals surface area (Å²) in [5, 5.41) is 12.1. The summed E-state index contributed by atoms with van der Waals surface area (Å²) in [7, 11) is 0. The predicted octanol–water partition coefficient (Wildman–Crippen LogP) is 4.37. The van der Waals surface area contributed by atoms with E-state index in [0.717, 1.165) is 22.0 Å². The van der Waals surface area contributed by atoms with Crippen LogP contribution >= 0.6 is 0 Å². The summed E-state index contributed by atoms with van der Waals surface area (Å²) in [5.74, 6) is -1.55. The number of aryl methyl sites for hydroxylation is 1. The number of nitrogens with zero attached hydrogens (tertiary/aromatic N) is 3. The molecule has 3 aromatic heterocycles. The van der Waals surface area contributed by atoms with E-state index >= 15 is 0 Å². The van der Waals surface area contributed by atoms with E-state index in [-0.39, 0.29) is 17.3 Å². The molecule has 5 aromatic rings. The monoisotopic (exact) mass is 449 g/mol. The molecule has 0 aliphatic carbocycles. The number of amides is 1. The van der Waals surface area contributed by atoms with Crippen molar-refractivity contribution >= 4 is 45.3 Å². The molecule has 4 heterocycles. The first kappa shape index (κ1) is 19.9. The Balaban J connectivity index is 1.59. The Morgan fingerprint density at radius 1 is 1.03 bits per heavy atom. The standard InChI is InChI=1S/C26H19N5O3/c1-14-6-7-19-20(12-14)30-26(29-19)31-22(15-8-10-27-11-9-15)21(24(33)25(31)34)23(32)17-13-28-18-5-3-2-4-16(17)18/h2-13,22,28,32H,1H3,(H,29,30)/b23-21+. The molecule has 3 N–H and O–H groups in total. The summed E-state index contributed by atoms with van der Waals surface area (Å²) in [5.41, 5.74) is 4.36. The summed E-state index contributed by atoms with van der Waals surface area (Å²) in [4.78, 5) is 42.9. The lowest BCUT2D eigenvalue weighted by Gasteiger charge is -2.22. The first-order valence-corrected chi connectivity index (χ1v) is 10.8. The lowest BCUT2D eigenvalue weighted by molar-refractivity contribution is -0.132. The van der Waals surface area contributed by atoms with E-state index in [2.05, 4.69) is 19.9 Å². The molecule has 1 amide bonds. The highest BCUT2D eigenvalue weighted by Crippen LogP contribution is 2.42. The zero-order chi connectivity index (χ0) is 23.4. The smallest absolute Gasteiger partial charge is 0.302 e. The number of fused-ring (bicyclic) bond motifs is 2. The third kappa shape index (κ3) is 2.92. The molecule has 0 saturated carbocycles. The van der Waals surface area contributed by atoms with Crippen LogP contribution in [0.2, 0.25) is 0 Å². The largest absolute Gasteiger partial charge is 0.507 e. The lowest BCUT2D eigenvalue weighted by atomic mass is 9.96. The van der Waals surface area contributed by atoms with E-state index in [4.69, 9.17) is 0 Å². The topological polar surface area (TPSA) is 115 Å². The van der Waals surface area contributed by atoms with Crippen LogP contribution in [0.4, 0.5) is 5.95 Å². The van der Waals surface area contributed by atoms with E-state index in [1.807, 2.05) is 49.4 Å². The number of hydrogen-bond acceptors (Lipinski definition) is 5. The van der Waals surface area contributed by atoms with Crippen molar-refractivity contribution in [2.24, 2.45) is 0 Å². The predicted molar refractivity (Wildman–Crippen MR) is 128 cm³/mol. The van der Waals surface area contributed by atoms with E-state index in [1.54, 1.807) is 30.7 Å². The van der Waals surface area contributed by atoms with Gasteiger partial charge in [0.15, 0.2) is 0 Å². The minimum Gasteiger partial charge on any atom is -0.507 e. The van der Waals surface area contributed by atoms with Gasteiger partial charge in [-0.05, 0) is 48.4 Å². The zero-order valence-corrected chi connectivity index (χ0v) is 18.1.